The van der Waals surface area contributed by atoms with Gasteiger partial charge in [-0.25, -0.2) is 4.79 Å². The smallest absolute Gasteiger partial charge is 0.318 e. The Morgan fingerprint density at radius 2 is 2.10 bits per heavy atom. The number of unbranched alkanes of at least 4 members (excludes halogenated alkanes) is 2. The van der Waals surface area contributed by atoms with Gasteiger partial charge in [0, 0.05) is 17.5 Å². The van der Waals surface area contributed by atoms with E-state index < -0.39 is 0 Å². The minimum atomic E-state index is 0.120. The molecule has 4 heteroatoms. The summed E-state index contributed by atoms with van der Waals surface area (Å²) in [6, 6.07) is 11.2. The lowest BCUT2D eigenvalue weighted by Crippen LogP contribution is -2.40. The van der Waals surface area contributed by atoms with E-state index in [-0.39, 0.29) is 6.03 Å². The van der Waals surface area contributed by atoms with Gasteiger partial charge in [-0.05, 0) is 12.0 Å². The first-order chi connectivity index (χ1) is 10.3. The number of hydrogen-bond acceptors (Lipinski definition) is 2. The molecule has 3 nitrogen and oxygen atoms in total. The van der Waals surface area contributed by atoms with Gasteiger partial charge in [-0.1, -0.05) is 56.5 Å². The van der Waals surface area contributed by atoms with E-state index in [0.717, 1.165) is 12.3 Å². The lowest BCUT2D eigenvalue weighted by Gasteiger charge is -2.27. The van der Waals surface area contributed by atoms with Crippen LogP contribution in [0.1, 0.15) is 38.2 Å². The number of rotatable bonds is 6. The summed E-state index contributed by atoms with van der Waals surface area (Å²) in [4.78, 5) is 14.3. The van der Waals surface area contributed by atoms with Crippen LogP contribution in [0.15, 0.2) is 30.3 Å². The predicted octanol–water partition coefficient (Wildman–Crippen LogP) is 3.64. The second kappa shape index (κ2) is 6.73. The van der Waals surface area contributed by atoms with Crippen molar-refractivity contribution in [3.63, 3.8) is 0 Å². The molecule has 2 fully saturated rings. The lowest BCUT2D eigenvalue weighted by molar-refractivity contribution is 0.197. The zero-order valence-electron chi connectivity index (χ0n) is 12.6. The van der Waals surface area contributed by atoms with Gasteiger partial charge in [-0.2, -0.15) is 11.8 Å². The Balaban J connectivity index is 1.68. The van der Waals surface area contributed by atoms with Crippen LogP contribution in [-0.2, 0) is 6.54 Å². The highest BCUT2D eigenvalue weighted by Gasteiger charge is 2.47. The summed E-state index contributed by atoms with van der Waals surface area (Å²) in [6.45, 7) is 2.98. The number of nitrogens with one attached hydrogen (secondary N) is 1. The molecule has 3 atom stereocenters. The lowest BCUT2D eigenvalue weighted by atomic mass is 10.0. The monoisotopic (exact) mass is 304 g/mol. The minimum absolute atomic E-state index is 0.120. The van der Waals surface area contributed by atoms with Crippen molar-refractivity contribution in [1.82, 2.24) is 10.2 Å². The Morgan fingerprint density at radius 1 is 1.29 bits per heavy atom. The largest absolute Gasteiger partial charge is 0.332 e. The first kappa shape index (κ1) is 14.8. The molecule has 1 N–H and O–H groups in total. The molecule has 2 aliphatic rings. The Bertz CT molecular complexity index is 479. The number of fused-ring (bicyclic) bond motifs is 1. The van der Waals surface area contributed by atoms with Gasteiger partial charge in [0.1, 0.15) is 0 Å². The fourth-order valence-corrected chi connectivity index (χ4v) is 5.01. The number of nitrogens with zero attached hydrogens (tertiary/aromatic N) is 1. The fraction of sp³-hybridized carbons (Fsp3) is 0.588. The van der Waals surface area contributed by atoms with Gasteiger partial charge in [0.2, 0.25) is 0 Å². The summed E-state index contributed by atoms with van der Waals surface area (Å²) >= 11 is 2.04. The van der Waals surface area contributed by atoms with E-state index in [9.17, 15) is 4.79 Å². The summed E-state index contributed by atoms with van der Waals surface area (Å²) < 4.78 is 0. The summed E-state index contributed by atoms with van der Waals surface area (Å²) in [5, 5.41) is 3.77. The van der Waals surface area contributed by atoms with Crippen molar-refractivity contribution in [2.75, 3.05) is 5.75 Å². The molecule has 0 aliphatic carbocycles. The predicted molar refractivity (Wildman–Crippen MR) is 88.5 cm³/mol. The zero-order chi connectivity index (χ0) is 14.7. The molecule has 2 heterocycles. The van der Waals surface area contributed by atoms with Gasteiger partial charge in [-0.3, -0.25) is 0 Å². The van der Waals surface area contributed by atoms with Crippen LogP contribution in [0.4, 0.5) is 4.79 Å². The van der Waals surface area contributed by atoms with E-state index in [1.807, 2.05) is 30.0 Å². The molecule has 114 valence electrons. The van der Waals surface area contributed by atoms with E-state index >= 15 is 0 Å². The van der Waals surface area contributed by atoms with Crippen molar-refractivity contribution in [3.8, 4) is 0 Å². The SMILES string of the molecule is CCCCC[C@@H]1SCC2NC(=O)N(Cc3ccccc3)C21. The molecule has 2 amide bonds. The van der Waals surface area contributed by atoms with Gasteiger partial charge in [0.25, 0.3) is 0 Å². The van der Waals surface area contributed by atoms with Crippen LogP contribution < -0.4 is 5.32 Å². The molecule has 2 aliphatic heterocycles. The number of benzene rings is 1. The van der Waals surface area contributed by atoms with E-state index in [2.05, 4.69) is 29.3 Å². The molecular formula is C17H24N2OS. The Hall–Kier alpha value is -1.16. The highest BCUT2D eigenvalue weighted by Crippen LogP contribution is 2.38. The molecule has 0 radical (unpaired) electrons. The van der Waals surface area contributed by atoms with Gasteiger partial charge in [0.05, 0.1) is 12.1 Å². The average molecular weight is 304 g/mol. The molecule has 3 rings (SSSR count). The van der Waals surface area contributed by atoms with Crippen molar-refractivity contribution in [2.24, 2.45) is 0 Å². The Labute approximate surface area is 131 Å². The molecule has 21 heavy (non-hydrogen) atoms. The van der Waals surface area contributed by atoms with Crippen molar-refractivity contribution in [1.29, 1.82) is 0 Å². The van der Waals surface area contributed by atoms with Crippen LogP contribution in [0.25, 0.3) is 0 Å². The molecule has 2 unspecified atom stereocenters. The molecule has 2 saturated heterocycles. The molecule has 1 aromatic carbocycles. The van der Waals surface area contributed by atoms with Crippen LogP contribution in [0.3, 0.4) is 0 Å². The molecular weight excluding hydrogens is 280 g/mol. The van der Waals surface area contributed by atoms with Gasteiger partial charge >= 0.3 is 6.03 Å². The molecule has 0 saturated carbocycles. The third-order valence-corrected chi connectivity index (χ3v) is 5.99. The summed E-state index contributed by atoms with van der Waals surface area (Å²) in [5.74, 6) is 1.07. The Kier molecular flexibility index (Phi) is 4.73. The van der Waals surface area contributed by atoms with Gasteiger partial charge < -0.3 is 10.2 Å². The van der Waals surface area contributed by atoms with Crippen LogP contribution in [0.2, 0.25) is 0 Å². The maximum Gasteiger partial charge on any atom is 0.318 e. The number of carbonyl (C=O) groups excluding carboxylic acids is 1. The van der Waals surface area contributed by atoms with Crippen LogP contribution >= 0.6 is 11.8 Å². The Morgan fingerprint density at radius 3 is 2.86 bits per heavy atom. The van der Waals surface area contributed by atoms with E-state index in [4.69, 9.17) is 0 Å². The first-order valence-corrected chi connectivity index (χ1v) is 9.07. The second-order valence-corrected chi connectivity index (χ2v) is 7.30. The highest BCUT2D eigenvalue weighted by molar-refractivity contribution is 8.00. The van der Waals surface area contributed by atoms with Crippen LogP contribution in [0.5, 0.6) is 0 Å². The van der Waals surface area contributed by atoms with Crippen molar-refractivity contribution in [3.05, 3.63) is 35.9 Å². The summed E-state index contributed by atoms with van der Waals surface area (Å²) in [7, 11) is 0. The van der Waals surface area contributed by atoms with Crippen molar-refractivity contribution < 1.29 is 4.79 Å². The number of urea groups is 1. The van der Waals surface area contributed by atoms with E-state index in [0.29, 0.717) is 17.3 Å². The number of thioether (sulfide) groups is 1. The van der Waals surface area contributed by atoms with Gasteiger partial charge in [0.15, 0.2) is 0 Å². The van der Waals surface area contributed by atoms with Crippen LogP contribution in [0, 0.1) is 0 Å². The summed E-state index contributed by atoms with van der Waals surface area (Å²) in [6.07, 6.45) is 5.08. The normalized spacial score (nSPS) is 27.8. The van der Waals surface area contributed by atoms with E-state index in [1.165, 1.54) is 31.2 Å². The third kappa shape index (κ3) is 3.20. The third-order valence-electron chi connectivity index (χ3n) is 4.50. The maximum atomic E-state index is 12.3. The number of hydrogen-bond donors (Lipinski definition) is 1. The van der Waals surface area contributed by atoms with Gasteiger partial charge in [-0.15, -0.1) is 0 Å². The summed E-state index contributed by atoms with van der Waals surface area (Å²) in [5.41, 5.74) is 1.22. The van der Waals surface area contributed by atoms with Crippen molar-refractivity contribution >= 4 is 17.8 Å². The standard InChI is InChI=1S/C17H24N2OS/c1-2-3-5-10-15-16-14(12-21-15)18-17(20)19(16)11-13-8-6-4-7-9-13/h4,6-9,14-16H,2-3,5,10-12H2,1H3,(H,18,20)/t14?,15-,16?/m0/s1. The zero-order valence-corrected chi connectivity index (χ0v) is 13.4. The number of amides is 2. The number of carbonyl (C=O) groups is 1. The average Bonchev–Trinajstić information content (AvgIpc) is 3.02. The molecule has 0 aromatic heterocycles. The fourth-order valence-electron chi connectivity index (χ4n) is 3.41. The van der Waals surface area contributed by atoms with Crippen LogP contribution in [-0.4, -0.2) is 34.0 Å². The quantitative estimate of drug-likeness (QED) is 0.643. The second-order valence-electron chi connectivity index (χ2n) is 6.03. The van der Waals surface area contributed by atoms with E-state index in [1.54, 1.807) is 0 Å². The molecule has 0 bridgehead atoms. The molecule has 0 spiro atoms. The molecule has 1 aromatic rings. The highest BCUT2D eigenvalue weighted by atomic mass is 32.2. The maximum absolute atomic E-state index is 12.3. The minimum Gasteiger partial charge on any atom is -0.332 e. The van der Waals surface area contributed by atoms with Crippen molar-refractivity contribution in [2.45, 2.75) is 56.5 Å². The first-order valence-electron chi connectivity index (χ1n) is 8.02. The topological polar surface area (TPSA) is 32.3 Å².